The van der Waals surface area contributed by atoms with Crippen LogP contribution in [0.15, 0.2) is 35.9 Å². The molecule has 1 aliphatic heterocycles. The van der Waals surface area contributed by atoms with Crippen molar-refractivity contribution in [2.45, 2.75) is 88.5 Å². The van der Waals surface area contributed by atoms with E-state index in [0.29, 0.717) is 5.69 Å². The molecule has 0 aromatic heterocycles. The van der Waals surface area contributed by atoms with E-state index in [1.807, 2.05) is 12.1 Å². The lowest BCUT2D eigenvalue weighted by atomic mass is 9.94. The second-order valence-electron chi connectivity index (χ2n) is 9.31. The molecule has 1 aromatic rings. The Balaban J connectivity index is 1.84. The van der Waals surface area contributed by atoms with Crippen LogP contribution in [0, 0.1) is 0 Å². The van der Waals surface area contributed by atoms with Gasteiger partial charge in [-0.05, 0) is 43.9 Å². The normalized spacial score (nSPS) is 26.1. The zero-order valence-corrected chi connectivity index (χ0v) is 22.0. The van der Waals surface area contributed by atoms with Crippen molar-refractivity contribution in [2.24, 2.45) is 0 Å². The van der Waals surface area contributed by atoms with Crippen LogP contribution in [-0.2, 0) is 35.4 Å². The molecule has 1 fully saturated rings. The zero-order chi connectivity index (χ0) is 26.2. The van der Waals surface area contributed by atoms with Gasteiger partial charge >= 0.3 is 5.97 Å². The molecule has 1 aliphatic carbocycles. The minimum atomic E-state index is -4.02. The number of unbranched alkanes of at least 4 members (excludes halogenated alkanes) is 4. The summed E-state index contributed by atoms with van der Waals surface area (Å²) in [5.41, 5.74) is 1.33. The van der Waals surface area contributed by atoms with Crippen LogP contribution in [0.1, 0.15) is 64.4 Å². The average molecular weight is 526 g/mol. The Bertz CT molecular complexity index is 997. The first-order valence-electron chi connectivity index (χ1n) is 12.9. The molecule has 1 aromatic carbocycles. The van der Waals surface area contributed by atoms with Gasteiger partial charge in [0.15, 0.2) is 5.79 Å². The monoisotopic (exact) mass is 525 g/mol. The van der Waals surface area contributed by atoms with Gasteiger partial charge in [0.25, 0.3) is 0 Å². The molecular formula is C26H39NO8S. The van der Waals surface area contributed by atoms with Crippen LogP contribution in [0.25, 0.3) is 0 Å². The van der Waals surface area contributed by atoms with Crippen molar-refractivity contribution in [3.05, 3.63) is 41.5 Å². The van der Waals surface area contributed by atoms with E-state index in [-0.39, 0.29) is 38.2 Å². The topological polar surface area (TPSA) is 131 Å². The number of ether oxygens (including phenoxy) is 3. The first-order valence-corrected chi connectivity index (χ1v) is 14.4. The van der Waals surface area contributed by atoms with Crippen LogP contribution >= 0.6 is 0 Å². The van der Waals surface area contributed by atoms with E-state index in [0.717, 1.165) is 37.7 Å². The Kier molecular flexibility index (Phi) is 10.3. The van der Waals surface area contributed by atoms with E-state index < -0.39 is 39.2 Å². The van der Waals surface area contributed by atoms with Gasteiger partial charge in [-0.15, -0.1) is 0 Å². The summed E-state index contributed by atoms with van der Waals surface area (Å²) in [5.74, 6) is -2.18. The number of anilines is 1. The number of carbonyl (C=O) groups is 1. The largest absolute Gasteiger partial charge is 0.463 e. The lowest BCUT2D eigenvalue weighted by Crippen LogP contribution is -2.42. The number of aliphatic hydroxyl groups is 2. The van der Waals surface area contributed by atoms with Gasteiger partial charge in [-0.3, -0.25) is 4.72 Å². The maximum absolute atomic E-state index is 13.6. The summed E-state index contributed by atoms with van der Waals surface area (Å²) < 4.78 is 46.7. The number of hydrogen-bond acceptors (Lipinski definition) is 8. The van der Waals surface area contributed by atoms with Crippen molar-refractivity contribution < 1.29 is 37.6 Å². The minimum absolute atomic E-state index is 0.0372. The molecule has 3 atom stereocenters. The zero-order valence-electron chi connectivity index (χ0n) is 21.1. The number of aryl methyl sites for hydroxylation is 1. The van der Waals surface area contributed by atoms with Crippen molar-refractivity contribution in [3.63, 3.8) is 0 Å². The van der Waals surface area contributed by atoms with E-state index >= 15 is 0 Å². The summed E-state index contributed by atoms with van der Waals surface area (Å²) in [6.07, 6.45) is 6.24. The Morgan fingerprint density at radius 1 is 1.08 bits per heavy atom. The molecule has 3 N–H and O–H groups in total. The van der Waals surface area contributed by atoms with Gasteiger partial charge in [0.1, 0.15) is 17.5 Å². The molecular weight excluding hydrogens is 486 g/mol. The Morgan fingerprint density at radius 3 is 2.39 bits per heavy atom. The predicted octanol–water partition coefficient (Wildman–Crippen LogP) is 3.06. The van der Waals surface area contributed by atoms with Crippen LogP contribution in [0.4, 0.5) is 5.69 Å². The molecule has 1 heterocycles. The van der Waals surface area contributed by atoms with E-state index in [4.69, 9.17) is 14.2 Å². The number of sulfonamides is 1. The van der Waals surface area contributed by atoms with Gasteiger partial charge in [-0.1, -0.05) is 50.8 Å². The molecule has 1 spiro atoms. The molecule has 10 heteroatoms. The fourth-order valence-corrected chi connectivity index (χ4v) is 6.36. The molecule has 0 bridgehead atoms. The molecule has 1 saturated heterocycles. The molecule has 2 aliphatic rings. The molecule has 3 rings (SSSR count). The number of esters is 1. The summed E-state index contributed by atoms with van der Waals surface area (Å²) in [4.78, 5) is 12.9. The average Bonchev–Trinajstić information content (AvgIpc) is 3.21. The van der Waals surface area contributed by atoms with E-state index in [9.17, 15) is 23.4 Å². The van der Waals surface area contributed by atoms with Gasteiger partial charge in [0.05, 0.1) is 31.1 Å². The predicted molar refractivity (Wildman–Crippen MR) is 136 cm³/mol. The van der Waals surface area contributed by atoms with Crippen LogP contribution < -0.4 is 4.72 Å². The van der Waals surface area contributed by atoms with Gasteiger partial charge in [-0.25, -0.2) is 13.2 Å². The highest BCUT2D eigenvalue weighted by Gasteiger charge is 2.51. The third kappa shape index (κ3) is 6.86. The molecule has 9 nitrogen and oxygen atoms in total. The third-order valence-corrected chi connectivity index (χ3v) is 8.40. The van der Waals surface area contributed by atoms with Crippen LogP contribution in [-0.4, -0.2) is 67.7 Å². The summed E-state index contributed by atoms with van der Waals surface area (Å²) in [5, 5.41) is 18.0. The van der Waals surface area contributed by atoms with Crippen molar-refractivity contribution in [3.8, 4) is 0 Å². The number of aliphatic hydroxyl groups excluding tert-OH is 2. The number of para-hydroxylation sites is 1. The van der Waals surface area contributed by atoms with Crippen molar-refractivity contribution in [1.29, 1.82) is 0 Å². The first kappa shape index (κ1) is 28.6. The van der Waals surface area contributed by atoms with Gasteiger partial charge in [-0.2, -0.15) is 0 Å². The van der Waals surface area contributed by atoms with Crippen LogP contribution in [0.3, 0.4) is 0 Å². The number of hydrogen-bond donors (Lipinski definition) is 3. The quantitative estimate of drug-likeness (QED) is 0.265. The lowest BCUT2D eigenvalue weighted by molar-refractivity contribution is -0.154. The first-order chi connectivity index (χ1) is 17.3. The lowest BCUT2D eigenvalue weighted by Gasteiger charge is -2.33. The van der Waals surface area contributed by atoms with Crippen LogP contribution in [0.5, 0.6) is 0 Å². The minimum Gasteiger partial charge on any atom is -0.463 e. The number of rotatable bonds is 13. The van der Waals surface area contributed by atoms with E-state index in [2.05, 4.69) is 11.6 Å². The van der Waals surface area contributed by atoms with Crippen molar-refractivity contribution in [1.82, 2.24) is 0 Å². The Hall–Kier alpha value is -1.98. The highest BCUT2D eigenvalue weighted by molar-refractivity contribution is 7.93. The van der Waals surface area contributed by atoms with E-state index in [1.165, 1.54) is 12.5 Å². The molecule has 0 saturated carbocycles. The maximum atomic E-state index is 13.6. The maximum Gasteiger partial charge on any atom is 0.335 e. The van der Waals surface area contributed by atoms with E-state index in [1.54, 1.807) is 19.1 Å². The Labute approximate surface area is 213 Å². The summed E-state index contributed by atoms with van der Waals surface area (Å²) in [7, 11) is -4.02. The fraction of sp³-hybridized carbons (Fsp3) is 0.654. The smallest absolute Gasteiger partial charge is 0.335 e. The number of nitrogens with one attached hydrogen (secondary N) is 1. The van der Waals surface area contributed by atoms with Crippen molar-refractivity contribution in [2.75, 3.05) is 24.5 Å². The molecule has 36 heavy (non-hydrogen) atoms. The number of carbonyl (C=O) groups excluding carboxylic acids is 1. The summed E-state index contributed by atoms with van der Waals surface area (Å²) in [6, 6.07) is 7.32. The third-order valence-electron chi connectivity index (χ3n) is 6.66. The molecule has 0 radical (unpaired) electrons. The highest BCUT2D eigenvalue weighted by atomic mass is 32.2. The fourth-order valence-electron chi connectivity index (χ4n) is 4.79. The Morgan fingerprint density at radius 2 is 1.75 bits per heavy atom. The molecule has 0 amide bonds. The van der Waals surface area contributed by atoms with Gasteiger partial charge in [0, 0.05) is 6.42 Å². The van der Waals surface area contributed by atoms with Crippen LogP contribution in [0.2, 0.25) is 0 Å². The standard InChI is InChI=1S/C26H39NO8S/c1-3-5-6-7-8-11-19-12-9-10-13-21(19)27-36(31,32)24-14-15-26(16-20(24)25(30)33-4-2)34-22(17-28)23(18-29)35-26/h9-10,12-13,16,22-24,27-29H,3-8,11,14-15,17-18H2,1-2H3. The highest BCUT2D eigenvalue weighted by Crippen LogP contribution is 2.41. The number of benzene rings is 1. The summed E-state index contributed by atoms with van der Waals surface area (Å²) >= 11 is 0. The van der Waals surface area contributed by atoms with Gasteiger partial charge in [0.2, 0.25) is 10.0 Å². The molecule has 202 valence electrons. The van der Waals surface area contributed by atoms with Crippen molar-refractivity contribution >= 4 is 21.7 Å². The summed E-state index contributed by atoms with van der Waals surface area (Å²) in [6.45, 7) is 3.12. The van der Waals surface area contributed by atoms with Gasteiger partial charge < -0.3 is 24.4 Å². The second-order valence-corrected chi connectivity index (χ2v) is 11.2. The molecule has 3 unspecified atom stereocenters. The second kappa shape index (κ2) is 13.0. The SMILES string of the molecule is CCCCCCCc1ccccc1NS(=O)(=O)C1CCC2(C=C1C(=O)OCC)OC(CO)C(CO)O2.